The molecule has 16 heavy (non-hydrogen) atoms. The molecule has 1 nitrogen and oxygen atoms in total. The van der Waals surface area contributed by atoms with E-state index in [1.165, 1.54) is 0 Å². The Morgan fingerprint density at radius 3 is 2.75 bits per heavy atom. The smallest absolute Gasteiger partial charge is 0.0838 e. The molecule has 2 aromatic rings. The second kappa shape index (κ2) is 5.19. The highest BCUT2D eigenvalue weighted by Crippen LogP contribution is 2.26. The molecule has 0 fully saturated rings. The number of hydrogen-bond donors (Lipinski definition) is 1. The maximum Gasteiger partial charge on any atom is 0.0838 e. The number of hydrogen-bond acceptors (Lipinski definition) is 2. The van der Waals surface area contributed by atoms with Crippen molar-refractivity contribution >= 4 is 34.5 Å². The number of aliphatic hydroxyl groups is 1. The molecule has 1 aromatic carbocycles. The molecule has 1 aromatic heterocycles. The molecule has 1 atom stereocenters. The molecule has 0 bridgehead atoms. The lowest BCUT2D eigenvalue weighted by Crippen LogP contribution is -2.00. The van der Waals surface area contributed by atoms with E-state index in [4.69, 9.17) is 23.2 Å². The van der Waals surface area contributed by atoms with Crippen LogP contribution in [0.15, 0.2) is 35.0 Å². The minimum Gasteiger partial charge on any atom is -0.388 e. The average molecular weight is 273 g/mol. The van der Waals surface area contributed by atoms with Crippen LogP contribution in [0.3, 0.4) is 0 Å². The molecule has 0 radical (unpaired) electrons. The monoisotopic (exact) mass is 272 g/mol. The van der Waals surface area contributed by atoms with Crippen LogP contribution < -0.4 is 0 Å². The van der Waals surface area contributed by atoms with Gasteiger partial charge >= 0.3 is 0 Å². The zero-order valence-corrected chi connectivity index (χ0v) is 10.7. The highest BCUT2D eigenvalue weighted by molar-refractivity contribution is 7.07. The van der Waals surface area contributed by atoms with Gasteiger partial charge in [0.1, 0.15) is 0 Å². The third-order valence-electron chi connectivity index (χ3n) is 2.35. The molecule has 0 saturated carbocycles. The van der Waals surface area contributed by atoms with Crippen molar-refractivity contribution < 1.29 is 5.11 Å². The van der Waals surface area contributed by atoms with E-state index >= 15 is 0 Å². The molecule has 0 aliphatic rings. The number of rotatable bonds is 3. The van der Waals surface area contributed by atoms with Gasteiger partial charge in [0.05, 0.1) is 6.10 Å². The summed E-state index contributed by atoms with van der Waals surface area (Å²) in [7, 11) is 0. The Kier molecular flexibility index (Phi) is 3.87. The number of aliphatic hydroxyl groups excluding tert-OH is 1. The maximum atomic E-state index is 9.98. The lowest BCUT2D eigenvalue weighted by atomic mass is 10.0. The summed E-state index contributed by atoms with van der Waals surface area (Å²) < 4.78 is 0. The molecular weight excluding hydrogens is 263 g/mol. The SMILES string of the molecule is OC(Cc1cc(Cl)ccc1Cl)c1ccsc1. The minimum absolute atomic E-state index is 0.482. The Morgan fingerprint density at radius 2 is 2.06 bits per heavy atom. The van der Waals surface area contributed by atoms with E-state index in [2.05, 4.69) is 0 Å². The van der Waals surface area contributed by atoms with Gasteiger partial charge in [-0.15, -0.1) is 0 Å². The van der Waals surface area contributed by atoms with Gasteiger partial charge in [-0.05, 0) is 46.2 Å². The first kappa shape index (κ1) is 11.9. The fourth-order valence-electron chi connectivity index (χ4n) is 1.49. The van der Waals surface area contributed by atoms with Crippen molar-refractivity contribution in [2.75, 3.05) is 0 Å². The normalized spacial score (nSPS) is 12.7. The minimum atomic E-state index is -0.526. The van der Waals surface area contributed by atoms with Gasteiger partial charge in [-0.1, -0.05) is 23.2 Å². The van der Waals surface area contributed by atoms with Crippen LogP contribution in [0, 0.1) is 0 Å². The van der Waals surface area contributed by atoms with E-state index in [-0.39, 0.29) is 0 Å². The van der Waals surface area contributed by atoms with Crippen LogP contribution in [-0.2, 0) is 6.42 Å². The van der Waals surface area contributed by atoms with E-state index in [0.717, 1.165) is 11.1 Å². The van der Waals surface area contributed by atoms with Crippen LogP contribution >= 0.6 is 34.5 Å². The topological polar surface area (TPSA) is 20.2 Å². The second-order valence-electron chi connectivity index (χ2n) is 3.51. The van der Waals surface area contributed by atoms with Crippen molar-refractivity contribution in [2.45, 2.75) is 12.5 Å². The van der Waals surface area contributed by atoms with Gasteiger partial charge in [0.25, 0.3) is 0 Å². The predicted octanol–water partition coefficient (Wildman–Crippen LogP) is 4.33. The van der Waals surface area contributed by atoms with Gasteiger partial charge in [-0.25, -0.2) is 0 Å². The average Bonchev–Trinajstić information content (AvgIpc) is 2.76. The lowest BCUT2D eigenvalue weighted by molar-refractivity contribution is 0.179. The van der Waals surface area contributed by atoms with Crippen molar-refractivity contribution in [3.63, 3.8) is 0 Å². The van der Waals surface area contributed by atoms with E-state index in [0.29, 0.717) is 16.5 Å². The van der Waals surface area contributed by atoms with Gasteiger partial charge in [0, 0.05) is 16.5 Å². The van der Waals surface area contributed by atoms with Crippen LogP contribution in [0.4, 0.5) is 0 Å². The molecular formula is C12H10Cl2OS. The Balaban J connectivity index is 2.17. The van der Waals surface area contributed by atoms with E-state index < -0.39 is 6.10 Å². The predicted molar refractivity (Wildman–Crippen MR) is 69.4 cm³/mol. The lowest BCUT2D eigenvalue weighted by Gasteiger charge is -2.10. The van der Waals surface area contributed by atoms with Crippen LogP contribution in [-0.4, -0.2) is 5.11 Å². The molecule has 0 saturated heterocycles. The zero-order chi connectivity index (χ0) is 11.5. The van der Waals surface area contributed by atoms with Gasteiger partial charge in [0.15, 0.2) is 0 Å². The fourth-order valence-corrected chi connectivity index (χ4v) is 2.59. The second-order valence-corrected chi connectivity index (χ2v) is 5.14. The third-order valence-corrected chi connectivity index (χ3v) is 3.65. The van der Waals surface area contributed by atoms with Crippen molar-refractivity contribution in [3.8, 4) is 0 Å². The molecule has 84 valence electrons. The Labute approximate surface area is 108 Å². The van der Waals surface area contributed by atoms with Crippen molar-refractivity contribution in [1.29, 1.82) is 0 Å². The van der Waals surface area contributed by atoms with Crippen LogP contribution in [0.25, 0.3) is 0 Å². The molecule has 1 N–H and O–H groups in total. The summed E-state index contributed by atoms with van der Waals surface area (Å²) in [5, 5.41) is 15.1. The summed E-state index contributed by atoms with van der Waals surface area (Å²) in [5.41, 5.74) is 1.79. The summed E-state index contributed by atoms with van der Waals surface area (Å²) in [6, 6.07) is 7.19. The Morgan fingerprint density at radius 1 is 1.25 bits per heavy atom. The van der Waals surface area contributed by atoms with Gasteiger partial charge in [-0.2, -0.15) is 11.3 Å². The van der Waals surface area contributed by atoms with Gasteiger partial charge in [-0.3, -0.25) is 0 Å². The molecule has 0 spiro atoms. The Bertz CT molecular complexity index is 468. The summed E-state index contributed by atoms with van der Waals surface area (Å²) in [5.74, 6) is 0. The summed E-state index contributed by atoms with van der Waals surface area (Å²) >= 11 is 13.5. The summed E-state index contributed by atoms with van der Waals surface area (Å²) in [6.45, 7) is 0. The molecule has 0 aliphatic heterocycles. The highest BCUT2D eigenvalue weighted by atomic mass is 35.5. The quantitative estimate of drug-likeness (QED) is 0.882. The standard InChI is InChI=1S/C12H10Cl2OS/c13-10-1-2-11(14)9(5-10)6-12(15)8-3-4-16-7-8/h1-5,7,12,15H,6H2. The van der Waals surface area contributed by atoms with E-state index in [9.17, 15) is 5.11 Å². The van der Waals surface area contributed by atoms with Crippen LogP contribution in [0.2, 0.25) is 10.0 Å². The molecule has 0 amide bonds. The van der Waals surface area contributed by atoms with Crippen molar-refractivity contribution in [1.82, 2.24) is 0 Å². The molecule has 4 heteroatoms. The number of benzene rings is 1. The maximum absolute atomic E-state index is 9.98. The van der Waals surface area contributed by atoms with Crippen LogP contribution in [0.5, 0.6) is 0 Å². The number of halogens is 2. The van der Waals surface area contributed by atoms with Crippen molar-refractivity contribution in [2.24, 2.45) is 0 Å². The van der Waals surface area contributed by atoms with E-state index in [1.807, 2.05) is 16.8 Å². The zero-order valence-electron chi connectivity index (χ0n) is 8.36. The Hall–Kier alpha value is -0.540. The summed E-state index contributed by atoms with van der Waals surface area (Å²) in [4.78, 5) is 0. The van der Waals surface area contributed by atoms with Crippen molar-refractivity contribution in [3.05, 3.63) is 56.2 Å². The molecule has 1 unspecified atom stereocenters. The molecule has 1 heterocycles. The first-order valence-electron chi connectivity index (χ1n) is 4.81. The highest BCUT2D eigenvalue weighted by Gasteiger charge is 2.11. The molecule has 2 rings (SSSR count). The molecule has 0 aliphatic carbocycles. The van der Waals surface area contributed by atoms with Gasteiger partial charge < -0.3 is 5.11 Å². The first-order valence-corrected chi connectivity index (χ1v) is 6.51. The fraction of sp³-hybridized carbons (Fsp3) is 0.167. The van der Waals surface area contributed by atoms with E-state index in [1.54, 1.807) is 29.5 Å². The largest absolute Gasteiger partial charge is 0.388 e. The summed E-state index contributed by atoms with van der Waals surface area (Å²) in [6.07, 6.45) is -0.0435. The van der Waals surface area contributed by atoms with Gasteiger partial charge in [0.2, 0.25) is 0 Å². The first-order chi connectivity index (χ1) is 7.66. The third kappa shape index (κ3) is 2.77. The van der Waals surface area contributed by atoms with Crippen LogP contribution in [0.1, 0.15) is 17.2 Å². The number of thiophene rings is 1.